The van der Waals surface area contributed by atoms with Crippen molar-refractivity contribution in [2.45, 2.75) is 26.4 Å². The second-order valence-corrected chi connectivity index (χ2v) is 10.6. The summed E-state index contributed by atoms with van der Waals surface area (Å²) in [5.41, 5.74) is 0.491. The van der Waals surface area contributed by atoms with Crippen molar-refractivity contribution in [1.29, 1.82) is 0 Å². The minimum Gasteiger partial charge on any atom is -0.491 e. The number of pyridine rings is 1. The average Bonchev–Trinajstić information content (AvgIpc) is 3.19. The number of aliphatic hydroxyl groups is 1. The van der Waals surface area contributed by atoms with Gasteiger partial charge in [0.1, 0.15) is 23.7 Å². The maximum atomic E-state index is 15.3. The molecule has 0 saturated heterocycles. The molecular formula is C32H31FN4O5. The number of benzene rings is 3. The van der Waals surface area contributed by atoms with Gasteiger partial charge in [-0.25, -0.2) is 9.07 Å². The summed E-state index contributed by atoms with van der Waals surface area (Å²) in [5.74, 6) is -0.378. The van der Waals surface area contributed by atoms with Crippen molar-refractivity contribution in [2.24, 2.45) is 7.05 Å². The molecule has 0 fully saturated rings. The molecular weight excluding hydrogens is 539 g/mol. The number of para-hydroxylation sites is 1. The van der Waals surface area contributed by atoms with E-state index < -0.39 is 22.9 Å². The molecule has 0 unspecified atom stereocenters. The summed E-state index contributed by atoms with van der Waals surface area (Å²) < 4.78 is 29.9. The highest BCUT2D eigenvalue weighted by atomic mass is 19.1. The standard InChI is InChI=1S/C32H31FN4O5/c1-20-29(31(39)37(36(20)5)21-9-7-6-8-10-21)30(38)35(4)22-11-14-28(25(33)17-22)42-27-15-16-34-26-18-23(12-13-24(26)27)41-19-32(2,3)40/h6-18,40H,19H2,1-5H3. The SMILES string of the molecule is Cc1c(C(=O)N(C)c2ccc(Oc3ccnc4cc(OCC(C)(C)O)ccc34)c(F)c2)c(=O)n(-c2ccccc2)n1C. The van der Waals surface area contributed by atoms with Crippen LogP contribution in [0.15, 0.2) is 83.8 Å². The summed E-state index contributed by atoms with van der Waals surface area (Å²) in [6, 6.07) is 20.0. The predicted octanol–water partition coefficient (Wildman–Crippen LogP) is 5.39. The normalized spacial score (nSPS) is 11.5. The number of carbonyl (C=O) groups excluding carboxylic acids is 1. The Morgan fingerprint density at radius 3 is 2.48 bits per heavy atom. The molecule has 0 atom stereocenters. The van der Waals surface area contributed by atoms with Crippen LogP contribution < -0.4 is 19.9 Å². The Morgan fingerprint density at radius 2 is 1.79 bits per heavy atom. The number of ether oxygens (including phenoxy) is 2. The first kappa shape index (κ1) is 28.6. The van der Waals surface area contributed by atoms with Gasteiger partial charge < -0.3 is 19.5 Å². The molecule has 2 aromatic heterocycles. The minimum absolute atomic E-state index is 0.00116. The second kappa shape index (κ2) is 11.1. The van der Waals surface area contributed by atoms with Crippen molar-refractivity contribution >= 4 is 22.5 Å². The third-order valence-corrected chi connectivity index (χ3v) is 6.86. The van der Waals surface area contributed by atoms with Crippen molar-refractivity contribution in [3.05, 3.63) is 106 Å². The zero-order chi connectivity index (χ0) is 30.2. The van der Waals surface area contributed by atoms with Crippen LogP contribution in [0.25, 0.3) is 16.6 Å². The molecule has 0 spiro atoms. The highest BCUT2D eigenvalue weighted by Crippen LogP contribution is 2.33. The first-order valence-electron chi connectivity index (χ1n) is 13.3. The maximum absolute atomic E-state index is 15.3. The molecule has 5 rings (SSSR count). The first-order chi connectivity index (χ1) is 19.9. The molecule has 0 aliphatic heterocycles. The molecule has 1 amide bonds. The second-order valence-electron chi connectivity index (χ2n) is 10.6. The Morgan fingerprint density at radius 1 is 1.05 bits per heavy atom. The average molecular weight is 571 g/mol. The fourth-order valence-electron chi connectivity index (χ4n) is 4.54. The van der Waals surface area contributed by atoms with E-state index in [-0.39, 0.29) is 23.6 Å². The number of hydrogen-bond donors (Lipinski definition) is 1. The van der Waals surface area contributed by atoms with E-state index in [2.05, 4.69) is 4.98 Å². The molecule has 0 bridgehead atoms. The quantitative estimate of drug-likeness (QED) is 0.269. The zero-order valence-electron chi connectivity index (χ0n) is 24.0. The van der Waals surface area contributed by atoms with Crippen LogP contribution in [0.3, 0.4) is 0 Å². The van der Waals surface area contributed by atoms with Gasteiger partial charge in [-0.3, -0.25) is 19.3 Å². The van der Waals surface area contributed by atoms with Gasteiger partial charge in [-0.1, -0.05) is 18.2 Å². The van der Waals surface area contributed by atoms with Gasteiger partial charge >= 0.3 is 0 Å². The van der Waals surface area contributed by atoms with Crippen molar-refractivity contribution in [1.82, 2.24) is 14.3 Å². The van der Waals surface area contributed by atoms with Gasteiger partial charge in [-0.15, -0.1) is 0 Å². The molecule has 0 saturated carbocycles. The van der Waals surface area contributed by atoms with E-state index in [0.717, 1.165) is 0 Å². The summed E-state index contributed by atoms with van der Waals surface area (Å²) in [6.07, 6.45) is 1.54. The number of amides is 1. The van der Waals surface area contributed by atoms with Gasteiger partial charge in [0.25, 0.3) is 11.5 Å². The number of hydrogen-bond acceptors (Lipinski definition) is 6. The lowest BCUT2D eigenvalue weighted by Gasteiger charge is -2.18. The molecule has 42 heavy (non-hydrogen) atoms. The van der Waals surface area contributed by atoms with Gasteiger partial charge in [0.05, 0.1) is 22.5 Å². The summed E-state index contributed by atoms with van der Waals surface area (Å²) in [6.45, 7) is 5.10. The topological polar surface area (TPSA) is 98.8 Å². The molecule has 216 valence electrons. The summed E-state index contributed by atoms with van der Waals surface area (Å²) in [4.78, 5) is 32.3. The number of nitrogens with zero attached hydrogens (tertiary/aromatic N) is 4. The van der Waals surface area contributed by atoms with Crippen molar-refractivity contribution in [2.75, 3.05) is 18.6 Å². The number of carbonyl (C=O) groups is 1. The van der Waals surface area contributed by atoms with Crippen LogP contribution in [0.4, 0.5) is 10.1 Å². The van der Waals surface area contributed by atoms with Crippen molar-refractivity contribution < 1.29 is 23.8 Å². The number of anilines is 1. The largest absolute Gasteiger partial charge is 0.491 e. The third kappa shape index (κ3) is 5.61. The molecule has 10 heteroatoms. The summed E-state index contributed by atoms with van der Waals surface area (Å²) in [7, 11) is 3.20. The summed E-state index contributed by atoms with van der Waals surface area (Å²) >= 11 is 0. The molecule has 0 aliphatic carbocycles. The third-order valence-electron chi connectivity index (χ3n) is 6.86. The highest BCUT2D eigenvalue weighted by Gasteiger charge is 2.26. The molecule has 5 aromatic rings. The van der Waals surface area contributed by atoms with Gasteiger partial charge in [-0.05, 0) is 63.2 Å². The monoisotopic (exact) mass is 570 g/mol. The lowest BCUT2D eigenvalue weighted by Crippen LogP contribution is -2.32. The Labute approximate surface area is 242 Å². The van der Waals surface area contributed by atoms with E-state index >= 15 is 4.39 Å². The van der Waals surface area contributed by atoms with E-state index in [0.29, 0.717) is 33.8 Å². The van der Waals surface area contributed by atoms with Crippen LogP contribution in [-0.4, -0.2) is 44.6 Å². The van der Waals surface area contributed by atoms with Crippen LogP contribution in [0.5, 0.6) is 17.2 Å². The molecule has 9 nitrogen and oxygen atoms in total. The predicted molar refractivity (Wildman–Crippen MR) is 158 cm³/mol. The number of aromatic nitrogens is 3. The maximum Gasteiger partial charge on any atom is 0.284 e. The fraction of sp³-hybridized carbons (Fsp3) is 0.219. The van der Waals surface area contributed by atoms with Gasteiger partial charge in [-0.2, -0.15) is 0 Å². The van der Waals surface area contributed by atoms with E-state index in [1.807, 2.05) is 18.2 Å². The molecule has 0 aliphatic rings. The lowest BCUT2D eigenvalue weighted by molar-refractivity contribution is 0.0285. The van der Waals surface area contributed by atoms with Crippen LogP contribution in [-0.2, 0) is 7.05 Å². The Kier molecular flexibility index (Phi) is 7.57. The Bertz CT molecular complexity index is 1840. The van der Waals surface area contributed by atoms with Crippen molar-refractivity contribution in [3.8, 4) is 22.9 Å². The molecule has 1 N–H and O–H groups in total. The number of halogens is 1. The first-order valence-corrected chi connectivity index (χ1v) is 13.3. The van der Waals surface area contributed by atoms with Crippen LogP contribution in [0.2, 0.25) is 0 Å². The van der Waals surface area contributed by atoms with E-state index in [4.69, 9.17) is 9.47 Å². The van der Waals surface area contributed by atoms with Crippen LogP contribution >= 0.6 is 0 Å². The van der Waals surface area contributed by atoms with Crippen molar-refractivity contribution in [3.63, 3.8) is 0 Å². The van der Waals surface area contributed by atoms with E-state index in [1.165, 1.54) is 28.8 Å². The molecule has 2 heterocycles. The van der Waals surface area contributed by atoms with E-state index in [9.17, 15) is 14.7 Å². The Balaban J connectivity index is 1.38. The van der Waals surface area contributed by atoms with E-state index in [1.54, 1.807) is 81.2 Å². The molecule has 3 aromatic carbocycles. The van der Waals surface area contributed by atoms with Crippen LogP contribution in [0.1, 0.15) is 29.9 Å². The lowest BCUT2D eigenvalue weighted by atomic mass is 10.1. The fourth-order valence-corrected chi connectivity index (χ4v) is 4.54. The Hall–Kier alpha value is -4.96. The summed E-state index contributed by atoms with van der Waals surface area (Å²) in [5, 5.41) is 10.6. The zero-order valence-corrected chi connectivity index (χ0v) is 24.0. The number of rotatable bonds is 8. The van der Waals surface area contributed by atoms with Gasteiger partial charge in [0.15, 0.2) is 11.6 Å². The van der Waals surface area contributed by atoms with Gasteiger partial charge in [0.2, 0.25) is 0 Å². The van der Waals surface area contributed by atoms with Crippen LogP contribution in [0, 0.1) is 12.7 Å². The minimum atomic E-state index is -0.989. The highest BCUT2D eigenvalue weighted by molar-refractivity contribution is 6.06. The number of fused-ring (bicyclic) bond motifs is 1. The van der Waals surface area contributed by atoms with Gasteiger partial charge in [0, 0.05) is 43.5 Å². The smallest absolute Gasteiger partial charge is 0.284 e. The molecule has 0 radical (unpaired) electrons.